The van der Waals surface area contributed by atoms with Crippen LogP contribution in [0.15, 0.2) is 35.2 Å². The number of nitrogens with zero attached hydrogens (tertiary/aromatic N) is 1. The molecule has 1 atom stereocenters. The number of carbonyl (C=O) groups excluding carboxylic acids is 1. The predicted molar refractivity (Wildman–Crippen MR) is 82.6 cm³/mol. The molecule has 0 fully saturated rings. The van der Waals surface area contributed by atoms with Crippen molar-refractivity contribution in [3.8, 4) is 0 Å². The van der Waals surface area contributed by atoms with Crippen LogP contribution in [0.3, 0.4) is 0 Å². The van der Waals surface area contributed by atoms with Crippen LogP contribution in [0.4, 0.5) is 4.79 Å². The highest BCUT2D eigenvalue weighted by molar-refractivity contribution is 7.90. The van der Waals surface area contributed by atoms with E-state index in [0.717, 1.165) is 0 Å². The number of rotatable bonds is 6. The summed E-state index contributed by atoms with van der Waals surface area (Å²) in [4.78, 5) is 18.0. The summed E-state index contributed by atoms with van der Waals surface area (Å²) in [7, 11) is -0.0575. The van der Waals surface area contributed by atoms with Crippen molar-refractivity contribution in [3.05, 3.63) is 30.3 Å². The summed E-state index contributed by atoms with van der Waals surface area (Å²) in [5, 5.41) is 0. The molecule has 1 aromatic rings. The molecule has 1 unspecified atom stereocenters. The molecule has 0 heterocycles. The third-order valence-electron chi connectivity index (χ3n) is 2.31. The summed E-state index contributed by atoms with van der Waals surface area (Å²) in [6, 6.07) is 8.35. The van der Waals surface area contributed by atoms with Crippen molar-refractivity contribution in [1.29, 1.82) is 0 Å². The van der Waals surface area contributed by atoms with Crippen LogP contribution in [0, 0.1) is 0 Å². The third-order valence-corrected chi connectivity index (χ3v) is 3.66. The number of carbonyl (C=O) groups is 1. The van der Waals surface area contributed by atoms with Gasteiger partial charge in [0.05, 0.1) is 22.8 Å². The summed E-state index contributed by atoms with van der Waals surface area (Å²) in [5.74, 6) is 0. The Labute approximate surface area is 137 Å². The molecule has 0 aliphatic rings. The zero-order chi connectivity index (χ0) is 17.9. The number of benzene rings is 1. The first-order valence-electron chi connectivity index (χ1n) is 6.19. The van der Waals surface area contributed by atoms with Crippen LogP contribution in [0.1, 0.15) is 0 Å². The molecule has 23 heavy (non-hydrogen) atoms. The van der Waals surface area contributed by atoms with Crippen molar-refractivity contribution < 1.29 is 31.5 Å². The minimum atomic E-state index is -3.00. The molecule has 0 spiro atoms. The lowest BCUT2D eigenvalue weighted by molar-refractivity contribution is 0.0801. The second-order valence-corrected chi connectivity index (χ2v) is 6.84. The fourth-order valence-corrected chi connectivity index (χ4v) is 1.93. The summed E-state index contributed by atoms with van der Waals surface area (Å²) in [5.41, 5.74) is 0. The van der Waals surface area contributed by atoms with E-state index in [4.69, 9.17) is 4.74 Å². The molecule has 1 amide bonds. The number of ether oxygens (including phenoxy) is 1. The van der Waals surface area contributed by atoms with E-state index in [1.807, 2.05) is 0 Å². The highest BCUT2D eigenvalue weighted by atomic mass is 32.2. The number of nitrogens with one attached hydrogen (secondary N) is 1. The van der Waals surface area contributed by atoms with E-state index in [9.17, 15) is 22.0 Å². The zero-order valence-corrected chi connectivity index (χ0v) is 14.6. The van der Waals surface area contributed by atoms with Crippen molar-refractivity contribution in [1.82, 2.24) is 9.79 Å². The minimum Gasteiger partial charge on any atom is -0.758 e. The van der Waals surface area contributed by atoms with Crippen molar-refractivity contribution in [3.63, 3.8) is 0 Å². The molecule has 0 radical (unpaired) electrons. The Kier molecular flexibility index (Phi) is 10.3. The van der Waals surface area contributed by atoms with Crippen LogP contribution in [-0.4, -0.2) is 61.7 Å². The first kappa shape index (κ1) is 21.5. The molecule has 1 N–H and O–H groups in total. The van der Waals surface area contributed by atoms with Gasteiger partial charge in [-0.25, -0.2) is 13.2 Å². The van der Waals surface area contributed by atoms with E-state index in [2.05, 4.69) is 4.84 Å². The highest BCUT2D eigenvalue weighted by Gasteiger charge is 2.08. The van der Waals surface area contributed by atoms with Gasteiger partial charge >= 0.3 is 6.09 Å². The molecule has 0 aliphatic heterocycles. The lowest BCUT2D eigenvalue weighted by Crippen LogP contribution is -2.34. The molecule has 0 saturated carbocycles. The fourth-order valence-electron chi connectivity index (χ4n) is 1.13. The average molecular weight is 367 g/mol. The van der Waals surface area contributed by atoms with Crippen molar-refractivity contribution in [2.75, 3.05) is 33.6 Å². The molecular formula is C12H19N2O7S2-. The number of likely N-dealkylation sites (N-methyl/N-ethyl adjacent to an activating group) is 1. The van der Waals surface area contributed by atoms with E-state index in [1.54, 1.807) is 30.3 Å². The summed E-state index contributed by atoms with van der Waals surface area (Å²) >= 11 is -2.61. The number of hydrogen-bond acceptors (Lipinski definition) is 7. The largest absolute Gasteiger partial charge is 0.758 e. The molecule has 1 aromatic carbocycles. The molecule has 11 heteroatoms. The van der Waals surface area contributed by atoms with Crippen molar-refractivity contribution in [2.24, 2.45) is 0 Å². The molecule has 1 rings (SSSR count). The minimum absolute atomic E-state index is 0.322. The zero-order valence-electron chi connectivity index (χ0n) is 12.9. The Bertz CT molecular complexity index is 593. The molecule has 9 nitrogen and oxygen atoms in total. The molecule has 132 valence electrons. The Morgan fingerprint density at radius 2 is 1.91 bits per heavy atom. The molecule has 0 bridgehead atoms. The van der Waals surface area contributed by atoms with Gasteiger partial charge in [-0.2, -0.15) is 0 Å². The predicted octanol–water partition coefficient (Wildman–Crippen LogP) is 0.0900. The van der Waals surface area contributed by atoms with Gasteiger partial charge in [0.1, 0.15) is 0 Å². The number of hydrogen-bond donors (Lipinski definition) is 1. The number of sulfone groups is 1. The number of methoxy groups -OCH3 is 1. The van der Waals surface area contributed by atoms with Gasteiger partial charge in [0.25, 0.3) is 0 Å². The maximum absolute atomic E-state index is 10.9. The quantitative estimate of drug-likeness (QED) is 0.558. The van der Waals surface area contributed by atoms with Gasteiger partial charge < -0.3 is 19.0 Å². The maximum atomic E-state index is 10.9. The van der Waals surface area contributed by atoms with E-state index >= 15 is 0 Å². The van der Waals surface area contributed by atoms with Gasteiger partial charge in [0.2, 0.25) is 0 Å². The van der Waals surface area contributed by atoms with Gasteiger partial charge in [0.15, 0.2) is 9.84 Å². The highest BCUT2D eigenvalue weighted by Crippen LogP contribution is 2.05. The van der Waals surface area contributed by atoms with Gasteiger partial charge in [-0.1, -0.05) is 23.1 Å². The molecule has 0 aliphatic carbocycles. The molecule has 0 aromatic heterocycles. The van der Waals surface area contributed by atoms with Crippen LogP contribution in [-0.2, 0) is 30.7 Å². The van der Waals surface area contributed by atoms with Crippen LogP contribution >= 0.6 is 0 Å². The standard InChI is InChI=1S/C7H8O2S.C5H12N2O5S/c1-10(8,9)7-5-3-2-4-6-7;1-7(3-4-11-2)5(8)12-6-13(9)10/h2-6H,1H3;6H,3-4H2,1-2H3,(H,9,10)/p-1. The van der Waals surface area contributed by atoms with Gasteiger partial charge in [-0.05, 0) is 12.1 Å². The van der Waals surface area contributed by atoms with E-state index < -0.39 is 27.2 Å². The first-order valence-corrected chi connectivity index (χ1v) is 9.16. The maximum Gasteiger partial charge on any atom is 0.429 e. The number of amides is 1. The Balaban J connectivity index is 0.000000433. The second-order valence-electron chi connectivity index (χ2n) is 4.19. The average Bonchev–Trinajstić information content (AvgIpc) is 2.50. The van der Waals surface area contributed by atoms with E-state index in [0.29, 0.717) is 18.0 Å². The Hall–Kier alpha value is -1.53. The summed E-state index contributed by atoms with van der Waals surface area (Å²) in [6.45, 7) is 0.675. The van der Waals surface area contributed by atoms with E-state index in [1.165, 1.54) is 30.2 Å². The topological polar surface area (TPSA) is 125 Å². The fraction of sp³-hybridized carbons (Fsp3) is 0.417. The monoisotopic (exact) mass is 367 g/mol. The normalized spacial score (nSPS) is 11.8. The van der Waals surface area contributed by atoms with Crippen LogP contribution in [0.25, 0.3) is 0 Å². The summed E-state index contributed by atoms with van der Waals surface area (Å²) in [6.07, 6.45) is 0.406. The Morgan fingerprint density at radius 1 is 1.35 bits per heavy atom. The van der Waals surface area contributed by atoms with Crippen LogP contribution in [0.2, 0.25) is 0 Å². The van der Waals surface area contributed by atoms with Gasteiger partial charge in [-0.3, -0.25) is 4.21 Å². The van der Waals surface area contributed by atoms with Gasteiger partial charge in [0, 0.05) is 27.0 Å². The van der Waals surface area contributed by atoms with Crippen LogP contribution in [0.5, 0.6) is 0 Å². The smallest absolute Gasteiger partial charge is 0.429 e. The molecular weight excluding hydrogens is 348 g/mol. The van der Waals surface area contributed by atoms with E-state index in [-0.39, 0.29) is 0 Å². The second kappa shape index (κ2) is 11.1. The molecule has 0 saturated heterocycles. The van der Waals surface area contributed by atoms with Crippen molar-refractivity contribution in [2.45, 2.75) is 4.90 Å². The summed E-state index contributed by atoms with van der Waals surface area (Å²) < 4.78 is 46.2. The SMILES string of the molecule is COCCN(C)C(=O)ONS(=O)[O-].CS(=O)(=O)c1ccccc1. The Morgan fingerprint density at radius 3 is 2.30 bits per heavy atom. The lowest BCUT2D eigenvalue weighted by Gasteiger charge is -2.16. The third kappa shape index (κ3) is 10.8. The van der Waals surface area contributed by atoms with Crippen molar-refractivity contribution >= 4 is 27.2 Å². The lowest BCUT2D eigenvalue weighted by atomic mass is 10.4. The van der Waals surface area contributed by atoms with Gasteiger partial charge in [-0.15, -0.1) is 0 Å². The first-order chi connectivity index (χ1) is 10.7. The van der Waals surface area contributed by atoms with Crippen LogP contribution < -0.4 is 4.89 Å².